The third kappa shape index (κ3) is 39.9. The number of carbonyl (C=O) groups excluding carboxylic acids is 2. The van der Waals surface area contributed by atoms with Crippen molar-refractivity contribution < 1.29 is 47.2 Å². The summed E-state index contributed by atoms with van der Waals surface area (Å²) in [4.78, 5) is 35.3. The standard InChI is InChI=1S/C44H80NO9P/c1-6-8-10-12-14-16-18-20-22-24-26-28-30-33-41(46)34-32-36-44(48)54-42(40-53-55(49,50)52-38-37-45(3,4)5)39-51-43(47)35-31-29-27-25-23-21-19-17-15-13-11-9-7-2/h14,16,20,22,26,28,30,33,41-42,46H,6-13,15,17-19,21,23-25,27,29,31-32,34-40H2,1-5H3/p+1/b16-14-,22-20-,28-26-,33-30+. The van der Waals surface area contributed by atoms with Gasteiger partial charge in [-0.15, -0.1) is 0 Å². The largest absolute Gasteiger partial charge is 0.472 e. The molecular weight excluding hydrogens is 717 g/mol. The molecule has 0 aromatic heterocycles. The van der Waals surface area contributed by atoms with E-state index in [1.165, 1.54) is 77.0 Å². The van der Waals surface area contributed by atoms with Gasteiger partial charge in [-0.1, -0.05) is 152 Å². The SMILES string of the molecule is CCCCC/C=C\C/C=C\C/C=C\C=C\C(O)CCCC(=O)OC(COC(=O)CCCCCCCCCCCCCCC)COP(=O)(O)OCC[N+](C)(C)C. The number of phosphoric ester groups is 1. The molecule has 0 saturated heterocycles. The number of aliphatic hydroxyl groups is 1. The highest BCUT2D eigenvalue weighted by atomic mass is 31.2. The Morgan fingerprint density at radius 3 is 1.82 bits per heavy atom. The molecule has 0 radical (unpaired) electrons. The molecule has 0 aromatic carbocycles. The van der Waals surface area contributed by atoms with Crippen LogP contribution in [0, 0.1) is 0 Å². The summed E-state index contributed by atoms with van der Waals surface area (Å²) in [5, 5.41) is 10.3. The molecule has 0 fully saturated rings. The summed E-state index contributed by atoms with van der Waals surface area (Å²) in [6.07, 6.45) is 37.6. The van der Waals surface area contributed by atoms with Crippen molar-refractivity contribution in [3.63, 3.8) is 0 Å². The monoisotopic (exact) mass is 799 g/mol. The number of hydrogen-bond donors (Lipinski definition) is 2. The molecule has 3 unspecified atom stereocenters. The maximum atomic E-state index is 12.7. The average molecular weight is 799 g/mol. The predicted molar refractivity (Wildman–Crippen MR) is 226 cm³/mol. The van der Waals surface area contributed by atoms with E-state index in [-0.39, 0.29) is 26.1 Å². The molecule has 10 nitrogen and oxygen atoms in total. The van der Waals surface area contributed by atoms with Crippen LogP contribution in [0.2, 0.25) is 0 Å². The van der Waals surface area contributed by atoms with Gasteiger partial charge in [-0.25, -0.2) is 4.57 Å². The van der Waals surface area contributed by atoms with Crippen LogP contribution in [-0.2, 0) is 32.7 Å². The van der Waals surface area contributed by atoms with Crippen LogP contribution < -0.4 is 0 Å². The van der Waals surface area contributed by atoms with E-state index in [9.17, 15) is 24.2 Å². The lowest BCUT2D eigenvalue weighted by Crippen LogP contribution is -2.37. The van der Waals surface area contributed by atoms with Gasteiger partial charge in [-0.05, 0) is 44.9 Å². The Morgan fingerprint density at radius 2 is 1.20 bits per heavy atom. The number of nitrogens with zero attached hydrogens (tertiary/aromatic N) is 1. The number of allylic oxidation sites excluding steroid dienone is 7. The van der Waals surface area contributed by atoms with Crippen LogP contribution in [0.3, 0.4) is 0 Å². The summed E-state index contributed by atoms with van der Waals surface area (Å²) in [6, 6.07) is 0. The van der Waals surface area contributed by atoms with Crippen molar-refractivity contribution in [2.75, 3.05) is 47.5 Å². The van der Waals surface area contributed by atoms with Crippen LogP contribution in [0.1, 0.15) is 162 Å². The van der Waals surface area contributed by atoms with Crippen molar-refractivity contribution in [1.29, 1.82) is 0 Å². The number of esters is 2. The van der Waals surface area contributed by atoms with E-state index in [1.54, 1.807) is 12.2 Å². The van der Waals surface area contributed by atoms with Crippen molar-refractivity contribution in [2.45, 2.75) is 174 Å². The van der Waals surface area contributed by atoms with Gasteiger partial charge in [0.1, 0.15) is 19.8 Å². The zero-order chi connectivity index (χ0) is 40.9. The summed E-state index contributed by atoms with van der Waals surface area (Å²) in [7, 11) is 1.36. The number of aliphatic hydroxyl groups excluding tert-OH is 1. The molecule has 0 saturated carbocycles. The van der Waals surface area contributed by atoms with E-state index in [1.807, 2.05) is 33.3 Å². The van der Waals surface area contributed by atoms with Crippen LogP contribution >= 0.6 is 7.82 Å². The normalized spacial score (nSPS) is 14.7. The fraction of sp³-hybridized carbons (Fsp3) is 0.773. The van der Waals surface area contributed by atoms with Crippen molar-refractivity contribution in [1.82, 2.24) is 0 Å². The minimum Gasteiger partial charge on any atom is -0.462 e. The zero-order valence-electron chi connectivity index (χ0n) is 35.5. The molecule has 2 N–H and O–H groups in total. The summed E-state index contributed by atoms with van der Waals surface area (Å²) in [6.45, 7) is 4.16. The Morgan fingerprint density at radius 1 is 0.655 bits per heavy atom. The Balaban J connectivity index is 4.59. The molecule has 0 heterocycles. The summed E-state index contributed by atoms with van der Waals surface area (Å²) in [5.41, 5.74) is 0. The molecule has 0 aliphatic carbocycles. The number of unbranched alkanes of at least 4 members (excludes halogenated alkanes) is 15. The maximum Gasteiger partial charge on any atom is 0.472 e. The molecule has 0 aliphatic rings. The van der Waals surface area contributed by atoms with Crippen molar-refractivity contribution in [3.8, 4) is 0 Å². The molecular formula is C44H81NO9P+. The molecule has 0 aliphatic heterocycles. The first kappa shape index (κ1) is 52.9. The van der Waals surface area contributed by atoms with Crippen LogP contribution in [0.5, 0.6) is 0 Å². The summed E-state index contributed by atoms with van der Waals surface area (Å²) < 4.78 is 34.1. The third-order valence-corrected chi connectivity index (χ3v) is 9.95. The van der Waals surface area contributed by atoms with E-state index >= 15 is 0 Å². The van der Waals surface area contributed by atoms with Crippen LogP contribution in [0.25, 0.3) is 0 Å². The van der Waals surface area contributed by atoms with E-state index in [0.29, 0.717) is 30.3 Å². The average Bonchev–Trinajstić information content (AvgIpc) is 3.12. The Kier molecular flexibility index (Phi) is 34.9. The van der Waals surface area contributed by atoms with Gasteiger partial charge in [0, 0.05) is 12.8 Å². The number of carbonyl (C=O) groups is 2. The first-order valence-corrected chi connectivity index (χ1v) is 23.0. The Hall–Kier alpha value is -2.07. The Labute approximate surface area is 336 Å². The lowest BCUT2D eigenvalue weighted by Gasteiger charge is -2.24. The summed E-state index contributed by atoms with van der Waals surface area (Å²) in [5.74, 6) is -1.00. The van der Waals surface area contributed by atoms with Gasteiger partial charge in [0.2, 0.25) is 0 Å². The Bertz CT molecular complexity index is 1100. The van der Waals surface area contributed by atoms with Gasteiger partial charge in [0.05, 0.1) is 33.9 Å². The molecule has 11 heteroatoms. The minimum absolute atomic E-state index is 0.00339. The van der Waals surface area contributed by atoms with Crippen molar-refractivity contribution in [2.24, 2.45) is 0 Å². The quantitative estimate of drug-likeness (QED) is 0.0157. The lowest BCUT2D eigenvalue weighted by atomic mass is 10.0. The van der Waals surface area contributed by atoms with Crippen LogP contribution in [0.15, 0.2) is 48.6 Å². The topological polar surface area (TPSA) is 129 Å². The number of phosphoric acid groups is 1. The predicted octanol–water partition coefficient (Wildman–Crippen LogP) is 10.9. The number of quaternary nitrogens is 1. The fourth-order valence-corrected chi connectivity index (χ4v) is 6.27. The molecule has 3 atom stereocenters. The molecule has 0 rings (SSSR count). The van der Waals surface area contributed by atoms with Crippen LogP contribution in [0.4, 0.5) is 0 Å². The highest BCUT2D eigenvalue weighted by Crippen LogP contribution is 2.43. The van der Waals surface area contributed by atoms with E-state index in [0.717, 1.165) is 38.5 Å². The highest BCUT2D eigenvalue weighted by Gasteiger charge is 2.27. The second-order valence-corrected chi connectivity index (χ2v) is 17.0. The molecule has 320 valence electrons. The molecule has 55 heavy (non-hydrogen) atoms. The maximum absolute atomic E-state index is 12.7. The van der Waals surface area contributed by atoms with Gasteiger partial charge in [0.15, 0.2) is 6.10 Å². The van der Waals surface area contributed by atoms with E-state index < -0.39 is 38.6 Å². The molecule has 0 bridgehead atoms. The third-order valence-electron chi connectivity index (χ3n) is 8.97. The van der Waals surface area contributed by atoms with Gasteiger partial charge >= 0.3 is 19.8 Å². The van der Waals surface area contributed by atoms with Crippen LogP contribution in [-0.4, -0.2) is 86.1 Å². The lowest BCUT2D eigenvalue weighted by molar-refractivity contribution is -0.870. The number of ether oxygens (including phenoxy) is 2. The minimum atomic E-state index is -4.43. The second kappa shape index (κ2) is 36.3. The molecule has 0 spiro atoms. The smallest absolute Gasteiger partial charge is 0.462 e. The van der Waals surface area contributed by atoms with E-state index in [2.05, 4.69) is 38.2 Å². The zero-order valence-corrected chi connectivity index (χ0v) is 36.4. The number of likely N-dealkylation sites (N-methyl/N-ethyl adjacent to an activating group) is 1. The van der Waals surface area contributed by atoms with E-state index in [4.69, 9.17) is 18.5 Å². The van der Waals surface area contributed by atoms with Gasteiger partial charge in [-0.2, -0.15) is 0 Å². The summed E-state index contributed by atoms with van der Waals surface area (Å²) >= 11 is 0. The molecule has 0 amide bonds. The highest BCUT2D eigenvalue weighted by molar-refractivity contribution is 7.47. The molecule has 0 aromatic rings. The first-order valence-electron chi connectivity index (χ1n) is 21.5. The first-order chi connectivity index (χ1) is 26.4. The number of rotatable bonds is 38. The van der Waals surface area contributed by atoms with Gasteiger partial charge < -0.3 is 24.0 Å². The van der Waals surface area contributed by atoms with Gasteiger partial charge in [-0.3, -0.25) is 18.6 Å². The number of hydrogen-bond acceptors (Lipinski definition) is 8. The van der Waals surface area contributed by atoms with Crippen molar-refractivity contribution >= 4 is 19.8 Å². The van der Waals surface area contributed by atoms with Crippen molar-refractivity contribution in [3.05, 3.63) is 48.6 Å². The second-order valence-electron chi connectivity index (χ2n) is 15.6. The fourth-order valence-electron chi connectivity index (χ4n) is 5.53. The van der Waals surface area contributed by atoms with Gasteiger partial charge in [0.25, 0.3) is 0 Å².